The summed E-state index contributed by atoms with van der Waals surface area (Å²) in [6.45, 7) is 2.75. The summed E-state index contributed by atoms with van der Waals surface area (Å²) in [6.07, 6.45) is 7.85. The zero-order chi connectivity index (χ0) is 13.1. The first-order valence-electron chi connectivity index (χ1n) is 6.73. The highest BCUT2D eigenvalue weighted by Crippen LogP contribution is 2.01. The summed E-state index contributed by atoms with van der Waals surface area (Å²) in [5.41, 5.74) is 1.23. The van der Waals surface area contributed by atoms with Crippen LogP contribution < -0.4 is 0 Å². The molecule has 0 aliphatic carbocycles. The minimum Gasteiger partial charge on any atom is -0.377 e. The largest absolute Gasteiger partial charge is 0.377 e. The molecule has 2 heteroatoms. The quantitative estimate of drug-likeness (QED) is 0.620. The van der Waals surface area contributed by atoms with E-state index in [9.17, 15) is 0 Å². The standard InChI is InChI=1S/C16H25NO/c1-17(2)13-7-4-8-14-18-15-9-12-16-10-5-3-6-11-16/h3,5-6,9-12H,4,7-8,13-15H2,1-2H3. The van der Waals surface area contributed by atoms with Crippen molar-refractivity contribution in [3.05, 3.63) is 42.0 Å². The average molecular weight is 247 g/mol. The summed E-state index contributed by atoms with van der Waals surface area (Å²) >= 11 is 0. The Bertz CT molecular complexity index is 319. The van der Waals surface area contributed by atoms with Gasteiger partial charge < -0.3 is 9.64 Å². The molecule has 0 aromatic heterocycles. The molecule has 0 atom stereocenters. The van der Waals surface area contributed by atoms with Crippen LogP contribution in [0.1, 0.15) is 24.8 Å². The fraction of sp³-hybridized carbons (Fsp3) is 0.500. The van der Waals surface area contributed by atoms with Crippen LogP contribution in [0, 0.1) is 0 Å². The number of hydrogen-bond donors (Lipinski definition) is 0. The minimum absolute atomic E-state index is 0.711. The van der Waals surface area contributed by atoms with Crippen LogP contribution in [0.2, 0.25) is 0 Å². The lowest BCUT2D eigenvalue weighted by Gasteiger charge is -2.08. The van der Waals surface area contributed by atoms with Crippen LogP contribution in [0.3, 0.4) is 0 Å². The average Bonchev–Trinajstić information content (AvgIpc) is 2.37. The molecule has 0 bridgehead atoms. The van der Waals surface area contributed by atoms with Gasteiger partial charge in [-0.25, -0.2) is 0 Å². The predicted molar refractivity (Wildman–Crippen MR) is 78.7 cm³/mol. The topological polar surface area (TPSA) is 12.5 Å². The second-order valence-electron chi connectivity index (χ2n) is 4.75. The molecule has 0 unspecified atom stereocenters. The Labute approximate surface area is 111 Å². The highest BCUT2D eigenvalue weighted by atomic mass is 16.5. The fourth-order valence-corrected chi connectivity index (χ4v) is 1.71. The minimum atomic E-state index is 0.711. The van der Waals surface area contributed by atoms with E-state index < -0.39 is 0 Å². The van der Waals surface area contributed by atoms with Crippen molar-refractivity contribution in [2.45, 2.75) is 19.3 Å². The van der Waals surface area contributed by atoms with E-state index in [0.717, 1.165) is 13.0 Å². The number of rotatable bonds is 9. The zero-order valence-electron chi connectivity index (χ0n) is 11.6. The van der Waals surface area contributed by atoms with E-state index in [1.807, 2.05) is 18.2 Å². The fourth-order valence-electron chi connectivity index (χ4n) is 1.71. The molecule has 1 rings (SSSR count). The Balaban J connectivity index is 1.94. The van der Waals surface area contributed by atoms with Gasteiger partial charge in [0.25, 0.3) is 0 Å². The normalized spacial score (nSPS) is 11.5. The lowest BCUT2D eigenvalue weighted by Crippen LogP contribution is -2.12. The maximum atomic E-state index is 5.56. The Morgan fingerprint density at radius 3 is 2.56 bits per heavy atom. The molecule has 0 aliphatic heterocycles. The van der Waals surface area contributed by atoms with E-state index >= 15 is 0 Å². The monoisotopic (exact) mass is 247 g/mol. The van der Waals surface area contributed by atoms with E-state index in [2.05, 4.69) is 43.3 Å². The van der Waals surface area contributed by atoms with Gasteiger partial charge in [-0.1, -0.05) is 42.5 Å². The van der Waals surface area contributed by atoms with Gasteiger partial charge in [-0.3, -0.25) is 0 Å². The number of ether oxygens (including phenoxy) is 1. The summed E-state index contributed by atoms with van der Waals surface area (Å²) in [4.78, 5) is 2.23. The molecule has 0 radical (unpaired) electrons. The van der Waals surface area contributed by atoms with Crippen LogP contribution in [-0.2, 0) is 4.74 Å². The van der Waals surface area contributed by atoms with Crippen molar-refractivity contribution in [3.63, 3.8) is 0 Å². The Kier molecular flexibility index (Phi) is 8.19. The van der Waals surface area contributed by atoms with Crippen molar-refractivity contribution in [3.8, 4) is 0 Å². The van der Waals surface area contributed by atoms with Crippen LogP contribution in [0.25, 0.3) is 6.08 Å². The molecule has 0 aliphatic rings. The number of unbranched alkanes of at least 4 members (excludes halogenated alkanes) is 2. The second-order valence-corrected chi connectivity index (χ2v) is 4.75. The molecule has 0 amide bonds. The summed E-state index contributed by atoms with van der Waals surface area (Å²) < 4.78 is 5.56. The third-order valence-electron chi connectivity index (χ3n) is 2.72. The molecule has 0 saturated carbocycles. The summed E-state index contributed by atoms with van der Waals surface area (Å²) in [7, 11) is 4.23. The van der Waals surface area contributed by atoms with Crippen molar-refractivity contribution >= 4 is 6.08 Å². The first-order chi connectivity index (χ1) is 8.79. The van der Waals surface area contributed by atoms with Crippen LogP contribution in [0.5, 0.6) is 0 Å². The molecule has 0 fully saturated rings. The van der Waals surface area contributed by atoms with Crippen LogP contribution in [0.4, 0.5) is 0 Å². The van der Waals surface area contributed by atoms with Crippen LogP contribution >= 0.6 is 0 Å². The van der Waals surface area contributed by atoms with E-state index in [1.165, 1.54) is 24.9 Å². The maximum absolute atomic E-state index is 5.56. The van der Waals surface area contributed by atoms with Gasteiger partial charge in [0.15, 0.2) is 0 Å². The zero-order valence-corrected chi connectivity index (χ0v) is 11.6. The van der Waals surface area contributed by atoms with Gasteiger partial charge in [0.2, 0.25) is 0 Å². The molecule has 100 valence electrons. The number of benzene rings is 1. The van der Waals surface area contributed by atoms with Gasteiger partial charge in [0.1, 0.15) is 0 Å². The third kappa shape index (κ3) is 8.04. The van der Waals surface area contributed by atoms with E-state index in [-0.39, 0.29) is 0 Å². The molecule has 0 spiro atoms. The van der Waals surface area contributed by atoms with Crippen molar-refractivity contribution in [1.82, 2.24) is 4.90 Å². The van der Waals surface area contributed by atoms with E-state index in [1.54, 1.807) is 0 Å². The van der Waals surface area contributed by atoms with Gasteiger partial charge in [0, 0.05) is 6.61 Å². The molecule has 1 aromatic carbocycles. The maximum Gasteiger partial charge on any atom is 0.0650 e. The van der Waals surface area contributed by atoms with Gasteiger partial charge in [-0.15, -0.1) is 0 Å². The van der Waals surface area contributed by atoms with Crippen molar-refractivity contribution in [1.29, 1.82) is 0 Å². The highest BCUT2D eigenvalue weighted by molar-refractivity contribution is 5.48. The Morgan fingerprint density at radius 1 is 1.06 bits per heavy atom. The Morgan fingerprint density at radius 2 is 1.83 bits per heavy atom. The SMILES string of the molecule is CN(C)CCCCCOCC=Cc1ccccc1. The Hall–Kier alpha value is -1.12. The second kappa shape index (κ2) is 9.86. The summed E-state index contributed by atoms with van der Waals surface area (Å²) in [5.74, 6) is 0. The third-order valence-corrected chi connectivity index (χ3v) is 2.72. The first kappa shape index (κ1) is 14.9. The van der Waals surface area contributed by atoms with Crippen molar-refractivity contribution in [2.24, 2.45) is 0 Å². The molecule has 2 nitrogen and oxygen atoms in total. The molecule has 0 N–H and O–H groups in total. The molecule has 18 heavy (non-hydrogen) atoms. The van der Waals surface area contributed by atoms with Gasteiger partial charge in [0.05, 0.1) is 6.61 Å². The smallest absolute Gasteiger partial charge is 0.0650 e. The number of hydrogen-bond acceptors (Lipinski definition) is 2. The van der Waals surface area contributed by atoms with Gasteiger partial charge in [-0.05, 0) is 45.5 Å². The van der Waals surface area contributed by atoms with Gasteiger partial charge in [-0.2, -0.15) is 0 Å². The predicted octanol–water partition coefficient (Wildman–Crippen LogP) is 3.45. The molecular formula is C16H25NO. The summed E-state index contributed by atoms with van der Waals surface area (Å²) in [6, 6.07) is 10.3. The van der Waals surface area contributed by atoms with Gasteiger partial charge >= 0.3 is 0 Å². The lowest BCUT2D eigenvalue weighted by atomic mass is 10.2. The van der Waals surface area contributed by atoms with E-state index in [4.69, 9.17) is 4.74 Å². The van der Waals surface area contributed by atoms with Crippen molar-refractivity contribution < 1.29 is 4.74 Å². The molecule has 0 heterocycles. The first-order valence-corrected chi connectivity index (χ1v) is 6.73. The van der Waals surface area contributed by atoms with Crippen LogP contribution in [0.15, 0.2) is 36.4 Å². The molecular weight excluding hydrogens is 222 g/mol. The molecule has 1 aromatic rings. The number of nitrogens with zero attached hydrogens (tertiary/aromatic N) is 1. The lowest BCUT2D eigenvalue weighted by molar-refractivity contribution is 0.157. The van der Waals surface area contributed by atoms with Crippen LogP contribution in [-0.4, -0.2) is 38.8 Å². The van der Waals surface area contributed by atoms with Crippen molar-refractivity contribution in [2.75, 3.05) is 33.9 Å². The van der Waals surface area contributed by atoms with E-state index in [0.29, 0.717) is 6.61 Å². The molecule has 0 saturated heterocycles. The highest BCUT2D eigenvalue weighted by Gasteiger charge is 1.91. The summed E-state index contributed by atoms with van der Waals surface area (Å²) in [5, 5.41) is 0.